The lowest BCUT2D eigenvalue weighted by Crippen LogP contribution is -2.35. The fourth-order valence-electron chi connectivity index (χ4n) is 3.41. The molecule has 0 bridgehead atoms. The second-order valence-electron chi connectivity index (χ2n) is 7.34. The van der Waals surface area contributed by atoms with Gasteiger partial charge in [0.25, 0.3) is 5.91 Å². The Morgan fingerprint density at radius 1 is 0.900 bits per heavy atom. The zero-order valence-corrected chi connectivity index (χ0v) is 16.9. The first kappa shape index (κ1) is 20.1. The number of amides is 1. The molecule has 3 aromatic rings. The minimum atomic E-state index is -0.131. The molecule has 1 heterocycles. The second-order valence-corrected chi connectivity index (χ2v) is 7.34. The third-order valence-corrected chi connectivity index (χ3v) is 5.06. The summed E-state index contributed by atoms with van der Waals surface area (Å²) < 4.78 is 11.2. The van der Waals surface area contributed by atoms with Crippen molar-refractivity contribution in [3.8, 4) is 5.75 Å². The highest BCUT2D eigenvalue weighted by Gasteiger charge is 2.12. The zero-order valence-electron chi connectivity index (χ0n) is 16.9. The molecule has 0 unspecified atom stereocenters. The zero-order chi connectivity index (χ0) is 20.6. The summed E-state index contributed by atoms with van der Waals surface area (Å²) in [6.07, 6.45) is 0. The van der Waals surface area contributed by atoms with E-state index < -0.39 is 0 Å². The highest BCUT2D eigenvalue weighted by Crippen LogP contribution is 2.17. The van der Waals surface area contributed by atoms with Gasteiger partial charge in [0.05, 0.1) is 13.2 Å². The van der Waals surface area contributed by atoms with Crippen molar-refractivity contribution in [2.45, 2.75) is 13.2 Å². The van der Waals surface area contributed by atoms with Crippen molar-refractivity contribution in [3.63, 3.8) is 0 Å². The molecule has 1 aliphatic rings. The third kappa shape index (κ3) is 5.69. The van der Waals surface area contributed by atoms with Crippen molar-refractivity contribution in [1.82, 2.24) is 4.90 Å². The first-order chi connectivity index (χ1) is 14.8. The van der Waals surface area contributed by atoms with E-state index in [-0.39, 0.29) is 5.91 Å². The number of nitrogens with one attached hydrogen (secondary N) is 1. The van der Waals surface area contributed by atoms with Crippen LogP contribution in [0.25, 0.3) is 0 Å². The summed E-state index contributed by atoms with van der Waals surface area (Å²) in [5.74, 6) is 0.607. The van der Waals surface area contributed by atoms with Crippen molar-refractivity contribution in [3.05, 3.63) is 95.6 Å². The highest BCUT2D eigenvalue weighted by atomic mass is 16.5. The molecular weight excluding hydrogens is 376 g/mol. The maximum absolute atomic E-state index is 12.6. The molecule has 154 valence electrons. The summed E-state index contributed by atoms with van der Waals surface area (Å²) in [6, 6.07) is 25.2. The minimum absolute atomic E-state index is 0.131. The van der Waals surface area contributed by atoms with Crippen LogP contribution in [0.3, 0.4) is 0 Å². The van der Waals surface area contributed by atoms with Crippen molar-refractivity contribution < 1.29 is 14.3 Å². The molecule has 0 aliphatic carbocycles. The molecule has 1 aliphatic heterocycles. The molecule has 1 fully saturated rings. The van der Waals surface area contributed by atoms with E-state index in [0.29, 0.717) is 12.2 Å². The van der Waals surface area contributed by atoms with Crippen LogP contribution in [0.2, 0.25) is 0 Å². The predicted molar refractivity (Wildman–Crippen MR) is 118 cm³/mol. The number of carbonyl (C=O) groups excluding carboxylic acids is 1. The smallest absolute Gasteiger partial charge is 0.255 e. The van der Waals surface area contributed by atoms with Gasteiger partial charge in [0.1, 0.15) is 12.4 Å². The summed E-state index contributed by atoms with van der Waals surface area (Å²) in [5, 5.41) is 2.99. The molecule has 5 heteroatoms. The number of morpholine rings is 1. The molecule has 5 nitrogen and oxygen atoms in total. The van der Waals surface area contributed by atoms with E-state index in [0.717, 1.165) is 49.8 Å². The fourth-order valence-corrected chi connectivity index (χ4v) is 3.41. The number of benzene rings is 3. The van der Waals surface area contributed by atoms with Gasteiger partial charge in [-0.2, -0.15) is 0 Å². The summed E-state index contributed by atoms with van der Waals surface area (Å²) in [6.45, 7) is 4.80. The van der Waals surface area contributed by atoms with Crippen LogP contribution in [-0.4, -0.2) is 37.1 Å². The second kappa shape index (κ2) is 10.1. The average Bonchev–Trinajstić information content (AvgIpc) is 2.80. The normalized spacial score (nSPS) is 14.3. The van der Waals surface area contributed by atoms with Crippen molar-refractivity contribution in [2.75, 3.05) is 31.6 Å². The van der Waals surface area contributed by atoms with E-state index in [2.05, 4.69) is 16.3 Å². The molecule has 1 N–H and O–H groups in total. The van der Waals surface area contributed by atoms with Gasteiger partial charge in [0, 0.05) is 30.9 Å². The lowest BCUT2D eigenvalue weighted by atomic mass is 10.1. The van der Waals surface area contributed by atoms with E-state index in [4.69, 9.17) is 9.47 Å². The summed E-state index contributed by atoms with van der Waals surface area (Å²) in [5.41, 5.74) is 3.69. The predicted octanol–water partition coefficient (Wildman–Crippen LogP) is 4.35. The van der Waals surface area contributed by atoms with Crippen molar-refractivity contribution >= 4 is 11.6 Å². The monoisotopic (exact) mass is 402 g/mol. The maximum Gasteiger partial charge on any atom is 0.255 e. The van der Waals surface area contributed by atoms with E-state index >= 15 is 0 Å². The van der Waals surface area contributed by atoms with Gasteiger partial charge in [0.2, 0.25) is 0 Å². The van der Waals surface area contributed by atoms with Crippen LogP contribution >= 0.6 is 0 Å². The standard InChI is InChI=1S/C25H26N2O3/c28-25(22-9-11-24(12-10-22)30-19-20-5-2-1-3-6-20)26-23-8-4-7-21(17-23)18-27-13-15-29-16-14-27/h1-12,17H,13-16,18-19H2,(H,26,28). The van der Waals surface area contributed by atoms with Gasteiger partial charge in [-0.3, -0.25) is 9.69 Å². The van der Waals surface area contributed by atoms with Gasteiger partial charge in [0.15, 0.2) is 0 Å². The molecule has 0 saturated carbocycles. The maximum atomic E-state index is 12.6. The Morgan fingerprint density at radius 3 is 2.40 bits per heavy atom. The van der Waals surface area contributed by atoms with Gasteiger partial charge in [-0.05, 0) is 47.5 Å². The quantitative estimate of drug-likeness (QED) is 0.638. The Balaban J connectivity index is 1.32. The molecule has 3 aromatic carbocycles. The molecule has 0 atom stereocenters. The molecule has 1 saturated heterocycles. The molecule has 1 amide bonds. The number of rotatable bonds is 7. The van der Waals surface area contributed by atoms with E-state index in [1.807, 2.05) is 60.7 Å². The van der Waals surface area contributed by atoms with Gasteiger partial charge >= 0.3 is 0 Å². The number of anilines is 1. The van der Waals surface area contributed by atoms with Crippen LogP contribution < -0.4 is 10.1 Å². The number of hydrogen-bond donors (Lipinski definition) is 1. The Bertz CT molecular complexity index is 952. The molecule has 0 aromatic heterocycles. The Morgan fingerprint density at radius 2 is 1.63 bits per heavy atom. The van der Waals surface area contributed by atoms with Crippen LogP contribution in [-0.2, 0) is 17.9 Å². The summed E-state index contributed by atoms with van der Waals surface area (Å²) in [4.78, 5) is 15.0. The van der Waals surface area contributed by atoms with E-state index in [1.54, 1.807) is 12.1 Å². The Labute approximate surface area is 177 Å². The average molecular weight is 402 g/mol. The van der Waals surface area contributed by atoms with Crippen LogP contribution in [0.1, 0.15) is 21.5 Å². The molecule has 4 rings (SSSR count). The Kier molecular flexibility index (Phi) is 6.75. The largest absolute Gasteiger partial charge is 0.489 e. The van der Waals surface area contributed by atoms with Crippen molar-refractivity contribution in [1.29, 1.82) is 0 Å². The van der Waals surface area contributed by atoms with Gasteiger partial charge < -0.3 is 14.8 Å². The lowest BCUT2D eigenvalue weighted by Gasteiger charge is -2.26. The topological polar surface area (TPSA) is 50.8 Å². The first-order valence-corrected chi connectivity index (χ1v) is 10.2. The number of ether oxygens (including phenoxy) is 2. The first-order valence-electron chi connectivity index (χ1n) is 10.2. The van der Waals surface area contributed by atoms with Crippen molar-refractivity contribution in [2.24, 2.45) is 0 Å². The molecule has 30 heavy (non-hydrogen) atoms. The van der Waals surface area contributed by atoms with Crippen LogP contribution in [0.15, 0.2) is 78.9 Å². The number of carbonyl (C=O) groups is 1. The summed E-state index contributed by atoms with van der Waals surface area (Å²) >= 11 is 0. The minimum Gasteiger partial charge on any atom is -0.489 e. The van der Waals surface area contributed by atoms with Crippen LogP contribution in [0, 0.1) is 0 Å². The van der Waals surface area contributed by atoms with E-state index in [1.165, 1.54) is 5.56 Å². The van der Waals surface area contributed by atoms with Gasteiger partial charge in [-0.25, -0.2) is 0 Å². The molecule has 0 radical (unpaired) electrons. The third-order valence-electron chi connectivity index (χ3n) is 5.06. The SMILES string of the molecule is O=C(Nc1cccc(CN2CCOCC2)c1)c1ccc(OCc2ccccc2)cc1. The van der Waals surface area contributed by atoms with Crippen LogP contribution in [0.4, 0.5) is 5.69 Å². The fraction of sp³-hybridized carbons (Fsp3) is 0.240. The number of hydrogen-bond acceptors (Lipinski definition) is 4. The number of nitrogens with zero attached hydrogens (tertiary/aromatic N) is 1. The highest BCUT2D eigenvalue weighted by molar-refractivity contribution is 6.04. The lowest BCUT2D eigenvalue weighted by molar-refractivity contribution is 0.0342. The Hall–Kier alpha value is -3.15. The molecule has 0 spiro atoms. The van der Waals surface area contributed by atoms with E-state index in [9.17, 15) is 4.79 Å². The van der Waals surface area contributed by atoms with Gasteiger partial charge in [-0.1, -0.05) is 42.5 Å². The summed E-state index contributed by atoms with van der Waals surface area (Å²) in [7, 11) is 0. The van der Waals surface area contributed by atoms with Crippen LogP contribution in [0.5, 0.6) is 5.75 Å². The molecular formula is C25H26N2O3. The van der Waals surface area contributed by atoms with Gasteiger partial charge in [-0.15, -0.1) is 0 Å².